The summed E-state index contributed by atoms with van der Waals surface area (Å²) in [6, 6.07) is 0. The van der Waals surface area contributed by atoms with Crippen molar-refractivity contribution in [2.24, 2.45) is 0 Å². The lowest BCUT2D eigenvalue weighted by molar-refractivity contribution is 0.740. The van der Waals surface area contributed by atoms with Crippen molar-refractivity contribution in [3.8, 4) is 0 Å². The van der Waals surface area contributed by atoms with Crippen molar-refractivity contribution in [3.05, 3.63) is 0 Å². The van der Waals surface area contributed by atoms with Gasteiger partial charge in [0.15, 0.2) is 0 Å². The predicted molar refractivity (Wildman–Crippen MR) is 44.7 cm³/mol. The van der Waals surface area contributed by atoms with E-state index in [9.17, 15) is 0 Å². The third-order valence-corrected chi connectivity index (χ3v) is 1.01. The Labute approximate surface area is 65.4 Å². The Balaban J connectivity index is 3.64. The molecule has 0 saturated heterocycles. The van der Waals surface area contributed by atoms with Crippen LogP contribution in [-0.2, 0) is 0 Å². The largest absolute Gasteiger partial charge is 0.359 e. The van der Waals surface area contributed by atoms with Gasteiger partial charge < -0.3 is 0 Å². The first-order valence-corrected chi connectivity index (χ1v) is 3.50. The predicted octanol–water partition coefficient (Wildman–Crippen LogP) is 1.80. The van der Waals surface area contributed by atoms with Gasteiger partial charge in [-0.15, -0.1) is 11.6 Å². The monoisotopic (exact) mass is 166 g/mol. The second-order valence-electron chi connectivity index (χ2n) is 2.35. The number of rotatable bonds is 2. The standard InChI is InChI=1S/C6H10Cl2N/c1-6(2,8)3-4-9-5-7/h4-5H,3H2,1-2H3/q+1. The van der Waals surface area contributed by atoms with Crippen molar-refractivity contribution in [1.82, 2.24) is 4.67 Å². The molecular weight excluding hydrogens is 157 g/mol. The lowest BCUT2D eigenvalue weighted by atomic mass is 10.1. The first-order valence-electron chi connectivity index (χ1n) is 2.69. The molecule has 9 heavy (non-hydrogen) atoms. The van der Waals surface area contributed by atoms with Crippen molar-refractivity contribution in [2.45, 2.75) is 25.1 Å². The lowest BCUT2D eigenvalue weighted by Crippen LogP contribution is -2.10. The van der Waals surface area contributed by atoms with Crippen LogP contribution in [0.2, 0.25) is 0 Å². The van der Waals surface area contributed by atoms with Crippen LogP contribution in [-0.4, -0.2) is 16.8 Å². The van der Waals surface area contributed by atoms with Crippen LogP contribution >= 0.6 is 23.2 Å². The molecule has 0 radical (unpaired) electrons. The van der Waals surface area contributed by atoms with Crippen molar-refractivity contribution in [2.75, 3.05) is 0 Å². The Bertz CT molecular complexity index is 128. The molecule has 0 N–H and O–H groups in total. The van der Waals surface area contributed by atoms with Crippen molar-refractivity contribution in [1.29, 1.82) is 0 Å². The summed E-state index contributed by atoms with van der Waals surface area (Å²) in [5.74, 6) is 0. The van der Waals surface area contributed by atoms with Crippen LogP contribution in [0.5, 0.6) is 0 Å². The molecule has 1 nitrogen and oxygen atoms in total. The molecule has 0 aliphatic carbocycles. The summed E-state index contributed by atoms with van der Waals surface area (Å²) in [5, 5.41) is 0. The van der Waals surface area contributed by atoms with Gasteiger partial charge in [-0.25, -0.2) is 0 Å². The Kier molecular flexibility index (Phi) is 3.96. The maximum Gasteiger partial charge on any atom is 0.359 e. The van der Waals surface area contributed by atoms with E-state index in [1.165, 1.54) is 5.67 Å². The molecule has 0 heterocycles. The molecule has 0 aromatic rings. The summed E-state index contributed by atoms with van der Waals surface area (Å²) >= 11 is 11.0. The normalized spacial score (nSPS) is 10.2. The Hall–Kier alpha value is 0.0300. The highest BCUT2D eigenvalue weighted by Crippen LogP contribution is 2.14. The van der Waals surface area contributed by atoms with Gasteiger partial charge in [-0.05, 0) is 25.4 Å². The summed E-state index contributed by atoms with van der Waals surface area (Å²) < 4.78 is 3.69. The number of halogens is 2. The molecule has 0 aromatic carbocycles. The van der Waals surface area contributed by atoms with Crippen molar-refractivity contribution in [3.63, 3.8) is 0 Å². The molecule has 0 atom stereocenters. The molecule has 52 valence electrons. The number of alkyl halides is 1. The van der Waals surface area contributed by atoms with Crippen LogP contribution in [0.15, 0.2) is 0 Å². The van der Waals surface area contributed by atoms with Crippen LogP contribution in [0.3, 0.4) is 0 Å². The topological polar surface area (TPSA) is 14.1 Å². The highest BCUT2D eigenvalue weighted by atomic mass is 35.5. The Morgan fingerprint density at radius 1 is 1.56 bits per heavy atom. The minimum Gasteiger partial charge on any atom is -0.119 e. The molecule has 0 aromatic heterocycles. The van der Waals surface area contributed by atoms with Crippen molar-refractivity contribution < 1.29 is 0 Å². The SMILES string of the molecule is CC(C)(Cl)CC=[N+]=CCl. The zero-order valence-electron chi connectivity index (χ0n) is 5.56. The first kappa shape index (κ1) is 9.03. The van der Waals surface area contributed by atoms with Gasteiger partial charge in [0, 0.05) is 4.87 Å². The number of hydrogen-bond donors (Lipinski definition) is 0. The van der Waals surface area contributed by atoms with E-state index in [0.29, 0.717) is 0 Å². The third-order valence-electron chi connectivity index (χ3n) is 0.738. The van der Waals surface area contributed by atoms with Crippen LogP contribution in [0, 0.1) is 0 Å². The van der Waals surface area contributed by atoms with E-state index in [0.717, 1.165) is 6.42 Å². The number of hydrogen-bond acceptors (Lipinski definition) is 0. The summed E-state index contributed by atoms with van der Waals surface area (Å²) in [7, 11) is 0. The van der Waals surface area contributed by atoms with Crippen LogP contribution in [0.4, 0.5) is 0 Å². The van der Waals surface area contributed by atoms with E-state index in [1.807, 2.05) is 13.8 Å². The van der Waals surface area contributed by atoms with Gasteiger partial charge in [0.1, 0.15) is 0 Å². The molecule has 0 aliphatic heterocycles. The molecule has 3 heteroatoms. The maximum absolute atomic E-state index is 5.82. The van der Waals surface area contributed by atoms with E-state index in [1.54, 1.807) is 6.21 Å². The van der Waals surface area contributed by atoms with E-state index in [-0.39, 0.29) is 4.87 Å². The fourth-order valence-corrected chi connectivity index (χ4v) is 0.458. The third kappa shape index (κ3) is 8.03. The van der Waals surface area contributed by atoms with Gasteiger partial charge in [-0.3, -0.25) is 0 Å². The van der Waals surface area contributed by atoms with Crippen molar-refractivity contribution >= 4 is 35.1 Å². The van der Waals surface area contributed by atoms with E-state index in [2.05, 4.69) is 4.67 Å². The second kappa shape index (κ2) is 3.94. The Morgan fingerprint density at radius 3 is 2.44 bits per heavy atom. The lowest BCUT2D eigenvalue weighted by Gasteiger charge is -2.06. The molecule has 0 spiro atoms. The summed E-state index contributed by atoms with van der Waals surface area (Å²) in [5.41, 5.74) is 1.22. The quantitative estimate of drug-likeness (QED) is 0.338. The van der Waals surface area contributed by atoms with Crippen LogP contribution in [0.1, 0.15) is 20.3 Å². The molecule has 0 bridgehead atoms. The fraction of sp³-hybridized carbons (Fsp3) is 0.667. The molecule has 0 amide bonds. The van der Waals surface area contributed by atoms with Crippen LogP contribution < -0.4 is 4.67 Å². The minimum absolute atomic E-state index is 0.205. The zero-order valence-corrected chi connectivity index (χ0v) is 7.08. The minimum atomic E-state index is -0.205. The zero-order chi connectivity index (χ0) is 7.33. The number of nitrogens with zero attached hydrogens (tertiary/aromatic N) is 1. The highest BCUT2D eigenvalue weighted by Gasteiger charge is 2.12. The summed E-state index contributed by atoms with van der Waals surface area (Å²) in [6.07, 6.45) is 2.43. The molecule has 0 rings (SSSR count). The second-order valence-corrected chi connectivity index (χ2v) is 3.57. The van der Waals surface area contributed by atoms with Crippen LogP contribution in [0.25, 0.3) is 0 Å². The average molecular weight is 167 g/mol. The molecular formula is C6H10Cl2N+. The highest BCUT2D eigenvalue weighted by molar-refractivity contribution is 6.56. The van der Waals surface area contributed by atoms with E-state index < -0.39 is 0 Å². The van der Waals surface area contributed by atoms with Gasteiger partial charge in [-0.1, -0.05) is 4.67 Å². The van der Waals surface area contributed by atoms with Gasteiger partial charge in [-0.2, -0.15) is 0 Å². The maximum atomic E-state index is 5.82. The van der Waals surface area contributed by atoms with E-state index in [4.69, 9.17) is 23.2 Å². The summed E-state index contributed by atoms with van der Waals surface area (Å²) in [4.78, 5) is -0.205. The van der Waals surface area contributed by atoms with E-state index >= 15 is 0 Å². The fourth-order valence-electron chi connectivity index (χ4n) is 0.310. The Morgan fingerprint density at radius 2 is 2.11 bits per heavy atom. The first-order chi connectivity index (χ1) is 4.06. The van der Waals surface area contributed by atoms with Gasteiger partial charge in [0.05, 0.1) is 6.42 Å². The molecule has 0 fully saturated rings. The average Bonchev–Trinajstić information content (AvgIpc) is 1.63. The smallest absolute Gasteiger partial charge is 0.119 e. The molecule has 0 unspecified atom stereocenters. The summed E-state index contributed by atoms with van der Waals surface area (Å²) in [6.45, 7) is 3.85. The molecule has 0 saturated carbocycles. The van der Waals surface area contributed by atoms with Gasteiger partial charge >= 0.3 is 5.67 Å². The van der Waals surface area contributed by atoms with Gasteiger partial charge in [0.2, 0.25) is 0 Å². The van der Waals surface area contributed by atoms with Gasteiger partial charge in [0.25, 0.3) is 6.21 Å². The molecule has 0 aliphatic rings.